The number of benzene rings is 1. The molecule has 0 fully saturated rings. The van der Waals surface area contributed by atoms with Gasteiger partial charge in [0.25, 0.3) is 0 Å². The second kappa shape index (κ2) is 7.07. The lowest BCUT2D eigenvalue weighted by Gasteiger charge is -2.15. The van der Waals surface area contributed by atoms with E-state index in [9.17, 15) is 9.90 Å². The fraction of sp³-hybridized carbons (Fsp3) is 0.500. The Morgan fingerprint density at radius 1 is 1.29 bits per heavy atom. The molecule has 0 unspecified atom stereocenters. The predicted octanol–water partition coefficient (Wildman–Crippen LogP) is 2.70. The third kappa shape index (κ3) is 4.57. The molecule has 0 aliphatic rings. The van der Waals surface area contributed by atoms with Crippen LogP contribution in [-0.2, 0) is 0 Å². The molecular weight excluding hydrogens is 214 g/mol. The molecule has 0 aliphatic heterocycles. The number of aromatic hydroxyl groups is 1. The predicted molar refractivity (Wildman–Crippen MR) is 69.5 cm³/mol. The highest BCUT2D eigenvalue weighted by Gasteiger charge is 2.10. The van der Waals surface area contributed by atoms with Crippen molar-refractivity contribution >= 4 is 5.78 Å². The first-order chi connectivity index (χ1) is 8.15. The summed E-state index contributed by atoms with van der Waals surface area (Å²) in [7, 11) is 2.02. The molecule has 0 saturated carbocycles. The quantitative estimate of drug-likeness (QED) is 0.739. The van der Waals surface area contributed by atoms with Crippen molar-refractivity contribution in [3.8, 4) is 5.75 Å². The van der Waals surface area contributed by atoms with Gasteiger partial charge < -0.3 is 10.0 Å². The van der Waals surface area contributed by atoms with E-state index in [-0.39, 0.29) is 11.5 Å². The fourth-order valence-electron chi connectivity index (χ4n) is 1.68. The lowest BCUT2D eigenvalue weighted by atomic mass is 10.1. The van der Waals surface area contributed by atoms with Gasteiger partial charge in [0.1, 0.15) is 5.75 Å². The molecule has 94 valence electrons. The van der Waals surface area contributed by atoms with E-state index in [1.165, 1.54) is 0 Å². The van der Waals surface area contributed by atoms with Gasteiger partial charge in [0.15, 0.2) is 5.78 Å². The third-order valence-electron chi connectivity index (χ3n) is 2.82. The molecule has 1 aromatic carbocycles. The summed E-state index contributed by atoms with van der Waals surface area (Å²) in [5, 5.41) is 9.55. The Bertz CT molecular complexity index is 363. The molecule has 0 saturated heterocycles. The van der Waals surface area contributed by atoms with Crippen molar-refractivity contribution < 1.29 is 9.90 Å². The Morgan fingerprint density at radius 2 is 2.00 bits per heavy atom. The minimum Gasteiger partial charge on any atom is -0.507 e. The number of carbonyl (C=O) groups is 1. The van der Waals surface area contributed by atoms with Crippen LogP contribution in [0.4, 0.5) is 0 Å². The van der Waals surface area contributed by atoms with Crippen LogP contribution < -0.4 is 0 Å². The molecule has 0 heterocycles. The lowest BCUT2D eigenvalue weighted by Crippen LogP contribution is -2.23. The van der Waals surface area contributed by atoms with Gasteiger partial charge in [0.05, 0.1) is 5.56 Å². The molecule has 0 aromatic heterocycles. The molecular formula is C14H21NO2. The van der Waals surface area contributed by atoms with Gasteiger partial charge in [-0.3, -0.25) is 4.79 Å². The molecule has 3 heteroatoms. The lowest BCUT2D eigenvalue weighted by molar-refractivity contribution is 0.0966. The smallest absolute Gasteiger partial charge is 0.167 e. The minimum atomic E-state index is 0.00597. The van der Waals surface area contributed by atoms with Gasteiger partial charge in [0, 0.05) is 13.0 Å². The van der Waals surface area contributed by atoms with E-state index in [0.29, 0.717) is 12.0 Å². The van der Waals surface area contributed by atoms with Gasteiger partial charge in [0.2, 0.25) is 0 Å². The Labute approximate surface area is 103 Å². The number of carbonyl (C=O) groups excluding carboxylic acids is 1. The summed E-state index contributed by atoms with van der Waals surface area (Å²) in [5.41, 5.74) is 0.427. The molecule has 0 spiro atoms. The highest BCUT2D eigenvalue weighted by Crippen LogP contribution is 2.17. The largest absolute Gasteiger partial charge is 0.507 e. The van der Waals surface area contributed by atoms with E-state index in [4.69, 9.17) is 0 Å². The van der Waals surface area contributed by atoms with Crippen LogP contribution in [0.3, 0.4) is 0 Å². The van der Waals surface area contributed by atoms with E-state index in [0.717, 1.165) is 25.9 Å². The molecule has 3 nitrogen and oxygen atoms in total. The Kier molecular flexibility index (Phi) is 5.70. The molecule has 0 aliphatic carbocycles. The van der Waals surface area contributed by atoms with E-state index in [1.807, 2.05) is 7.05 Å². The van der Waals surface area contributed by atoms with Gasteiger partial charge >= 0.3 is 0 Å². The Morgan fingerprint density at radius 3 is 2.65 bits per heavy atom. The number of ketones is 1. The number of phenols is 1. The maximum absolute atomic E-state index is 11.9. The summed E-state index contributed by atoms with van der Waals surface area (Å²) in [6.45, 7) is 3.92. The van der Waals surface area contributed by atoms with Gasteiger partial charge in [-0.15, -0.1) is 0 Å². The summed E-state index contributed by atoms with van der Waals surface area (Å²) in [5.74, 6) is 0.0835. The first kappa shape index (κ1) is 13.7. The van der Waals surface area contributed by atoms with E-state index in [2.05, 4.69) is 11.8 Å². The van der Waals surface area contributed by atoms with Crippen LogP contribution in [-0.4, -0.2) is 35.9 Å². The standard InChI is InChI=1S/C14H21NO2/c1-3-4-10-15(2)11-9-14(17)12-7-5-6-8-13(12)16/h5-8,16H,3-4,9-11H2,1-2H3. The van der Waals surface area contributed by atoms with Crippen molar-refractivity contribution in [1.29, 1.82) is 0 Å². The summed E-state index contributed by atoms with van der Waals surface area (Å²) in [6, 6.07) is 6.71. The van der Waals surface area contributed by atoms with Crippen molar-refractivity contribution in [2.75, 3.05) is 20.1 Å². The monoisotopic (exact) mass is 235 g/mol. The van der Waals surface area contributed by atoms with Gasteiger partial charge in [-0.25, -0.2) is 0 Å². The highest BCUT2D eigenvalue weighted by atomic mass is 16.3. The molecule has 1 rings (SSSR count). The van der Waals surface area contributed by atoms with Crippen LogP contribution in [0.5, 0.6) is 5.75 Å². The molecule has 1 aromatic rings. The van der Waals surface area contributed by atoms with E-state index >= 15 is 0 Å². The molecule has 0 bridgehead atoms. The zero-order valence-corrected chi connectivity index (χ0v) is 10.6. The van der Waals surface area contributed by atoms with Gasteiger partial charge in [-0.2, -0.15) is 0 Å². The fourth-order valence-corrected chi connectivity index (χ4v) is 1.68. The number of hydrogen-bond acceptors (Lipinski definition) is 3. The zero-order chi connectivity index (χ0) is 12.7. The van der Waals surface area contributed by atoms with Crippen LogP contribution >= 0.6 is 0 Å². The van der Waals surface area contributed by atoms with Crippen LogP contribution in [0.2, 0.25) is 0 Å². The molecule has 17 heavy (non-hydrogen) atoms. The van der Waals surface area contributed by atoms with Crippen molar-refractivity contribution in [2.45, 2.75) is 26.2 Å². The van der Waals surface area contributed by atoms with Crippen LogP contribution in [0, 0.1) is 0 Å². The van der Waals surface area contributed by atoms with Crippen molar-refractivity contribution in [3.05, 3.63) is 29.8 Å². The molecule has 0 amide bonds. The minimum absolute atomic E-state index is 0.00597. The van der Waals surface area contributed by atoms with E-state index in [1.54, 1.807) is 24.3 Å². The Balaban J connectivity index is 2.42. The highest BCUT2D eigenvalue weighted by molar-refractivity contribution is 5.98. The molecule has 0 atom stereocenters. The van der Waals surface area contributed by atoms with Gasteiger partial charge in [-0.05, 0) is 32.1 Å². The average molecular weight is 235 g/mol. The number of nitrogens with zero attached hydrogens (tertiary/aromatic N) is 1. The van der Waals surface area contributed by atoms with Crippen LogP contribution in [0.15, 0.2) is 24.3 Å². The van der Waals surface area contributed by atoms with Gasteiger partial charge in [-0.1, -0.05) is 25.5 Å². The van der Waals surface area contributed by atoms with E-state index < -0.39 is 0 Å². The summed E-state index contributed by atoms with van der Waals surface area (Å²) in [6.07, 6.45) is 2.77. The second-order valence-corrected chi connectivity index (χ2v) is 4.35. The number of para-hydroxylation sites is 1. The maximum atomic E-state index is 11.9. The first-order valence-electron chi connectivity index (χ1n) is 6.15. The van der Waals surface area contributed by atoms with Crippen molar-refractivity contribution in [1.82, 2.24) is 4.90 Å². The first-order valence-corrected chi connectivity index (χ1v) is 6.15. The Hall–Kier alpha value is -1.35. The van der Waals surface area contributed by atoms with Crippen molar-refractivity contribution in [2.24, 2.45) is 0 Å². The average Bonchev–Trinajstić information content (AvgIpc) is 2.34. The third-order valence-corrected chi connectivity index (χ3v) is 2.82. The molecule has 0 radical (unpaired) electrons. The SMILES string of the molecule is CCCCN(C)CCC(=O)c1ccccc1O. The summed E-state index contributed by atoms with van der Waals surface area (Å²) < 4.78 is 0. The second-order valence-electron chi connectivity index (χ2n) is 4.35. The van der Waals surface area contributed by atoms with Crippen LogP contribution in [0.25, 0.3) is 0 Å². The molecule has 1 N–H and O–H groups in total. The van der Waals surface area contributed by atoms with Crippen molar-refractivity contribution in [3.63, 3.8) is 0 Å². The van der Waals surface area contributed by atoms with Crippen LogP contribution in [0.1, 0.15) is 36.5 Å². The number of phenolic OH excluding ortho intramolecular Hbond substituents is 1. The number of unbranched alkanes of at least 4 members (excludes halogenated alkanes) is 1. The number of rotatable bonds is 7. The normalized spacial score (nSPS) is 10.8. The summed E-state index contributed by atoms with van der Waals surface area (Å²) in [4.78, 5) is 14.0. The number of Topliss-reactive ketones (excluding diaryl/α,β-unsaturated/α-hetero) is 1. The zero-order valence-electron chi connectivity index (χ0n) is 10.6. The maximum Gasteiger partial charge on any atom is 0.167 e. The number of hydrogen-bond donors (Lipinski definition) is 1. The summed E-state index contributed by atoms with van der Waals surface area (Å²) >= 11 is 0. The topological polar surface area (TPSA) is 40.5 Å².